The average Bonchev–Trinajstić information content (AvgIpc) is 3.43. The summed E-state index contributed by atoms with van der Waals surface area (Å²) in [5.41, 5.74) is 8.04. The van der Waals surface area contributed by atoms with Crippen LogP contribution < -0.4 is 5.48 Å². The van der Waals surface area contributed by atoms with E-state index >= 15 is 0 Å². The number of hydroxylamine groups is 1. The Balaban J connectivity index is 1.08. The summed E-state index contributed by atoms with van der Waals surface area (Å²) in [7, 11) is 0. The first kappa shape index (κ1) is 27.1. The van der Waals surface area contributed by atoms with E-state index in [4.69, 9.17) is 9.94 Å². The maximum atomic E-state index is 10.9. The molecular formula is C31H37N5O3. The van der Waals surface area contributed by atoms with Crippen molar-refractivity contribution in [2.45, 2.75) is 31.0 Å². The van der Waals surface area contributed by atoms with Crippen LogP contribution in [-0.4, -0.2) is 72.8 Å². The van der Waals surface area contributed by atoms with Crippen LogP contribution in [0.15, 0.2) is 95.2 Å². The van der Waals surface area contributed by atoms with E-state index in [9.17, 15) is 4.79 Å². The lowest BCUT2D eigenvalue weighted by molar-refractivity contribution is -0.138. The average molecular weight is 528 g/mol. The topological polar surface area (TPSA) is 89.8 Å². The summed E-state index contributed by atoms with van der Waals surface area (Å²) >= 11 is 0. The van der Waals surface area contributed by atoms with E-state index in [1.165, 1.54) is 16.7 Å². The first-order valence-electron chi connectivity index (χ1n) is 13.7. The van der Waals surface area contributed by atoms with Crippen molar-refractivity contribution in [3.63, 3.8) is 0 Å². The fourth-order valence-corrected chi connectivity index (χ4v) is 5.36. The molecule has 8 heteroatoms. The van der Waals surface area contributed by atoms with Gasteiger partial charge in [-0.05, 0) is 28.7 Å². The molecule has 2 saturated heterocycles. The zero-order valence-electron chi connectivity index (χ0n) is 22.2. The van der Waals surface area contributed by atoms with E-state index < -0.39 is 5.97 Å². The lowest BCUT2D eigenvalue weighted by Crippen LogP contribution is -2.49. The van der Waals surface area contributed by atoms with Crippen LogP contribution in [-0.2, 0) is 16.2 Å². The summed E-state index contributed by atoms with van der Waals surface area (Å²) in [6.45, 7) is 5.47. The van der Waals surface area contributed by atoms with Crippen LogP contribution in [0.3, 0.4) is 0 Å². The standard InChI is InChI=1S/C31H37N5O3/c37-31(38)23-36-17-15-35(16-18-36)22-28-19-30(34-39-28)27-13-11-24(12-14-27)20-32-33-21-29(25-7-3-1-4-8-25)26-9-5-2-6-10-26/h1-14,28-30,34H,15-23H2,(H,37,38). The highest BCUT2D eigenvalue weighted by molar-refractivity contribution is 5.69. The maximum Gasteiger partial charge on any atom is 0.317 e. The molecule has 5 rings (SSSR count). The van der Waals surface area contributed by atoms with Gasteiger partial charge in [0.25, 0.3) is 0 Å². The molecule has 2 aliphatic rings. The highest BCUT2D eigenvalue weighted by Crippen LogP contribution is 2.27. The van der Waals surface area contributed by atoms with Gasteiger partial charge in [-0.15, -0.1) is 0 Å². The van der Waals surface area contributed by atoms with E-state index in [0.29, 0.717) is 13.1 Å². The number of azo groups is 1. The monoisotopic (exact) mass is 527 g/mol. The second-order valence-electron chi connectivity index (χ2n) is 10.4. The minimum atomic E-state index is -0.761. The molecule has 2 N–H and O–H groups in total. The SMILES string of the molecule is O=C(O)CN1CCN(CC2CC(c3ccc(CN=NCC(c4ccccc4)c4ccccc4)cc3)NO2)CC1. The molecule has 39 heavy (non-hydrogen) atoms. The van der Waals surface area contributed by atoms with Crippen LogP contribution in [0.2, 0.25) is 0 Å². The Morgan fingerprint density at radius 2 is 1.49 bits per heavy atom. The summed E-state index contributed by atoms with van der Waals surface area (Å²) in [5.74, 6) is -0.572. The minimum Gasteiger partial charge on any atom is -0.480 e. The van der Waals surface area contributed by atoms with E-state index in [0.717, 1.165) is 44.7 Å². The van der Waals surface area contributed by atoms with Crippen molar-refractivity contribution < 1.29 is 14.7 Å². The Morgan fingerprint density at radius 3 is 2.10 bits per heavy atom. The molecule has 3 aromatic rings. The normalized spacial score (nSPS) is 20.6. The zero-order valence-corrected chi connectivity index (χ0v) is 22.2. The first-order chi connectivity index (χ1) is 19.1. The lowest BCUT2D eigenvalue weighted by Gasteiger charge is -2.34. The highest BCUT2D eigenvalue weighted by atomic mass is 16.7. The molecule has 0 saturated carbocycles. The number of nitrogens with one attached hydrogen (secondary N) is 1. The predicted octanol–water partition coefficient (Wildman–Crippen LogP) is 4.51. The van der Waals surface area contributed by atoms with Crippen molar-refractivity contribution in [3.05, 3.63) is 107 Å². The molecule has 2 unspecified atom stereocenters. The number of rotatable bonds is 11. The van der Waals surface area contributed by atoms with Crippen molar-refractivity contribution in [1.29, 1.82) is 0 Å². The van der Waals surface area contributed by atoms with Gasteiger partial charge >= 0.3 is 5.97 Å². The number of carbonyl (C=O) groups is 1. The van der Waals surface area contributed by atoms with Gasteiger partial charge in [-0.25, -0.2) is 0 Å². The van der Waals surface area contributed by atoms with Crippen molar-refractivity contribution in [1.82, 2.24) is 15.3 Å². The van der Waals surface area contributed by atoms with Crippen LogP contribution in [0.1, 0.15) is 40.6 Å². The number of hydrogen-bond donors (Lipinski definition) is 2. The smallest absolute Gasteiger partial charge is 0.317 e. The maximum absolute atomic E-state index is 10.9. The number of hydrogen-bond acceptors (Lipinski definition) is 7. The molecule has 2 fully saturated rings. The first-order valence-corrected chi connectivity index (χ1v) is 13.7. The summed E-state index contributed by atoms with van der Waals surface area (Å²) < 4.78 is 0. The Hall–Kier alpha value is -3.43. The molecule has 0 spiro atoms. The number of nitrogens with zero attached hydrogens (tertiary/aromatic N) is 4. The van der Waals surface area contributed by atoms with Crippen LogP contribution in [0, 0.1) is 0 Å². The molecule has 2 heterocycles. The molecule has 0 aliphatic carbocycles. The summed E-state index contributed by atoms with van der Waals surface area (Å²) in [6.07, 6.45) is 1.03. The number of carboxylic acids is 1. The number of piperazine rings is 1. The van der Waals surface area contributed by atoms with Crippen LogP contribution in [0.5, 0.6) is 0 Å². The van der Waals surface area contributed by atoms with E-state index in [1.54, 1.807) is 0 Å². The molecular weight excluding hydrogens is 490 g/mol. The largest absolute Gasteiger partial charge is 0.480 e. The number of aliphatic carboxylic acids is 1. The van der Waals surface area contributed by atoms with Crippen molar-refractivity contribution in [3.8, 4) is 0 Å². The summed E-state index contributed by atoms with van der Waals surface area (Å²) in [5, 5.41) is 18.0. The number of carboxylic acid groups (broad SMARTS) is 1. The second-order valence-corrected chi connectivity index (χ2v) is 10.4. The van der Waals surface area contributed by atoms with E-state index in [2.05, 4.69) is 93.4 Å². The zero-order chi connectivity index (χ0) is 26.9. The van der Waals surface area contributed by atoms with Crippen LogP contribution in [0.25, 0.3) is 0 Å². The van der Waals surface area contributed by atoms with Gasteiger partial charge in [-0.1, -0.05) is 84.9 Å². The number of benzene rings is 3. The molecule has 2 aliphatic heterocycles. The summed E-state index contributed by atoms with van der Waals surface area (Å²) in [4.78, 5) is 21.2. The molecule has 0 amide bonds. The van der Waals surface area contributed by atoms with E-state index in [1.807, 2.05) is 17.0 Å². The third kappa shape index (κ3) is 7.80. The second kappa shape index (κ2) is 13.6. The Kier molecular flexibility index (Phi) is 9.45. The van der Waals surface area contributed by atoms with Gasteiger partial charge in [0.1, 0.15) is 0 Å². The van der Waals surface area contributed by atoms with E-state index in [-0.39, 0.29) is 24.6 Å². The molecule has 2 atom stereocenters. The van der Waals surface area contributed by atoms with Gasteiger partial charge in [0.15, 0.2) is 0 Å². The fraction of sp³-hybridized carbons (Fsp3) is 0.387. The highest BCUT2D eigenvalue weighted by Gasteiger charge is 2.29. The van der Waals surface area contributed by atoms with Gasteiger partial charge in [-0.3, -0.25) is 19.4 Å². The van der Waals surface area contributed by atoms with Crippen LogP contribution >= 0.6 is 0 Å². The predicted molar refractivity (Wildman–Crippen MR) is 150 cm³/mol. The van der Waals surface area contributed by atoms with Crippen molar-refractivity contribution in [2.24, 2.45) is 10.2 Å². The Bertz CT molecular complexity index is 1160. The third-order valence-corrected chi connectivity index (χ3v) is 7.56. The van der Waals surface area contributed by atoms with Crippen molar-refractivity contribution >= 4 is 5.97 Å². The van der Waals surface area contributed by atoms with Gasteiger partial charge in [-0.2, -0.15) is 15.7 Å². The lowest BCUT2D eigenvalue weighted by atomic mass is 9.91. The van der Waals surface area contributed by atoms with Crippen LogP contribution in [0.4, 0.5) is 0 Å². The Morgan fingerprint density at radius 1 is 0.872 bits per heavy atom. The molecule has 8 nitrogen and oxygen atoms in total. The third-order valence-electron chi connectivity index (χ3n) is 7.56. The quantitative estimate of drug-likeness (QED) is 0.357. The van der Waals surface area contributed by atoms with Gasteiger partial charge in [0.2, 0.25) is 0 Å². The summed E-state index contributed by atoms with van der Waals surface area (Å²) in [6, 6.07) is 29.7. The minimum absolute atomic E-state index is 0.122. The Labute approximate surface area is 230 Å². The van der Waals surface area contributed by atoms with Gasteiger partial charge in [0, 0.05) is 38.6 Å². The molecule has 3 aromatic carbocycles. The van der Waals surface area contributed by atoms with Gasteiger partial charge in [0.05, 0.1) is 31.8 Å². The molecule has 204 valence electrons. The molecule has 0 bridgehead atoms. The van der Waals surface area contributed by atoms with Gasteiger partial charge < -0.3 is 5.11 Å². The molecule has 0 radical (unpaired) electrons. The fourth-order valence-electron chi connectivity index (χ4n) is 5.36. The van der Waals surface area contributed by atoms with Crippen molar-refractivity contribution in [2.75, 3.05) is 45.8 Å². The molecule has 0 aromatic heterocycles.